The number of anilines is 1. The molecule has 3 heterocycles. The predicted molar refractivity (Wildman–Crippen MR) is 124 cm³/mol. The second-order valence-corrected chi connectivity index (χ2v) is 10.3. The number of methoxy groups -OCH3 is 1. The highest BCUT2D eigenvalue weighted by Gasteiger charge is 2.66. The molecule has 1 spiro atoms. The summed E-state index contributed by atoms with van der Waals surface area (Å²) in [4.78, 5) is 5.24. The number of likely N-dealkylation sites (N-methyl/N-ethyl adjacent to an activating group) is 1. The molecule has 2 aliphatic carbocycles. The first-order chi connectivity index (χ1) is 15.7. The maximum absolute atomic E-state index is 7.03. The van der Waals surface area contributed by atoms with Crippen LogP contribution in [0.3, 0.4) is 0 Å². The molecule has 1 saturated heterocycles. The summed E-state index contributed by atoms with van der Waals surface area (Å²) in [6.45, 7) is 3.53. The summed E-state index contributed by atoms with van der Waals surface area (Å²) in [5, 5.41) is 0. The molecule has 0 unspecified atom stereocenters. The predicted octanol–water partition coefficient (Wildman–Crippen LogP) is 3.77. The van der Waals surface area contributed by atoms with Gasteiger partial charge in [-0.3, -0.25) is 0 Å². The molecule has 2 aromatic rings. The van der Waals surface area contributed by atoms with E-state index in [0.29, 0.717) is 24.6 Å². The maximum atomic E-state index is 7.03. The highest BCUT2D eigenvalue weighted by Crippen LogP contribution is 2.64. The van der Waals surface area contributed by atoms with Crippen LogP contribution in [-0.4, -0.2) is 56.9 Å². The Kier molecular flexibility index (Phi) is 4.14. The Morgan fingerprint density at radius 1 is 1.03 bits per heavy atom. The smallest absolute Gasteiger partial charge is 0.165 e. The van der Waals surface area contributed by atoms with Crippen LogP contribution < -0.4 is 14.4 Å². The van der Waals surface area contributed by atoms with Crippen LogP contribution in [-0.2, 0) is 23.2 Å². The number of benzene rings is 2. The molecule has 2 bridgehead atoms. The molecule has 0 N–H and O–H groups in total. The molecule has 0 radical (unpaired) electrons. The van der Waals surface area contributed by atoms with Gasteiger partial charge in [0.1, 0.15) is 6.10 Å². The number of rotatable bonds is 2. The number of hydrogen-bond donors (Lipinski definition) is 0. The third kappa shape index (κ3) is 2.36. The highest BCUT2D eigenvalue weighted by atomic mass is 16.5. The number of ether oxygens (including phenoxy) is 3. The van der Waals surface area contributed by atoms with Crippen LogP contribution >= 0.6 is 0 Å². The second kappa shape index (κ2) is 6.88. The molecule has 5 heteroatoms. The molecule has 1 saturated carbocycles. The molecular formula is C27H32N2O3. The van der Waals surface area contributed by atoms with Gasteiger partial charge in [-0.25, -0.2) is 0 Å². The molecule has 0 amide bonds. The zero-order valence-corrected chi connectivity index (χ0v) is 19.0. The first-order valence-electron chi connectivity index (χ1n) is 12.2. The molecule has 2 fully saturated rings. The van der Waals surface area contributed by atoms with Crippen molar-refractivity contribution in [3.63, 3.8) is 0 Å². The van der Waals surface area contributed by atoms with Gasteiger partial charge in [0.15, 0.2) is 11.5 Å². The van der Waals surface area contributed by atoms with Gasteiger partial charge >= 0.3 is 0 Å². The number of piperidine rings is 1. The van der Waals surface area contributed by atoms with Gasteiger partial charge < -0.3 is 24.0 Å². The summed E-state index contributed by atoms with van der Waals surface area (Å²) in [6, 6.07) is 14.2. The average Bonchev–Trinajstić information content (AvgIpc) is 3.02. The van der Waals surface area contributed by atoms with Gasteiger partial charge in [-0.15, -0.1) is 0 Å². The Labute approximate surface area is 190 Å². The Hall–Kier alpha value is -2.24. The molecule has 7 rings (SSSR count). The SMILES string of the molecule is COc1ccc2c3c1O[C@H]1[C@H](N4CCOCc5ccccc54)CC[C@H]4[C@H](C2)N(C)CC[C@@]341. The summed E-state index contributed by atoms with van der Waals surface area (Å²) >= 11 is 0. The Morgan fingerprint density at radius 2 is 1.94 bits per heavy atom. The Balaban J connectivity index is 1.39. The molecule has 168 valence electrons. The van der Waals surface area contributed by atoms with E-state index >= 15 is 0 Å². The van der Waals surface area contributed by atoms with Gasteiger partial charge in [-0.2, -0.15) is 0 Å². The van der Waals surface area contributed by atoms with E-state index in [1.807, 2.05) is 0 Å². The molecule has 5 atom stereocenters. The van der Waals surface area contributed by atoms with Crippen molar-refractivity contribution in [2.24, 2.45) is 5.92 Å². The lowest BCUT2D eigenvalue weighted by Crippen LogP contribution is -2.68. The van der Waals surface area contributed by atoms with Crippen molar-refractivity contribution in [1.82, 2.24) is 4.90 Å². The van der Waals surface area contributed by atoms with Gasteiger partial charge in [0, 0.05) is 34.8 Å². The van der Waals surface area contributed by atoms with E-state index in [1.165, 1.54) is 41.6 Å². The zero-order valence-electron chi connectivity index (χ0n) is 19.0. The van der Waals surface area contributed by atoms with Crippen LogP contribution in [0.5, 0.6) is 11.5 Å². The van der Waals surface area contributed by atoms with Gasteiger partial charge in [0.25, 0.3) is 0 Å². The van der Waals surface area contributed by atoms with E-state index in [0.717, 1.165) is 37.6 Å². The lowest BCUT2D eigenvalue weighted by Gasteiger charge is -2.60. The molecule has 0 aromatic heterocycles. The third-order valence-electron chi connectivity index (χ3n) is 9.20. The fourth-order valence-corrected chi connectivity index (χ4v) is 7.90. The van der Waals surface area contributed by atoms with Crippen molar-refractivity contribution in [2.45, 2.75) is 55.9 Å². The summed E-state index contributed by atoms with van der Waals surface area (Å²) in [5.41, 5.74) is 5.69. The summed E-state index contributed by atoms with van der Waals surface area (Å²) in [6.07, 6.45) is 4.90. The molecule has 5 aliphatic rings. The van der Waals surface area contributed by atoms with Gasteiger partial charge in [0.2, 0.25) is 0 Å². The minimum atomic E-state index is 0.0969. The van der Waals surface area contributed by atoms with Crippen molar-refractivity contribution in [1.29, 1.82) is 0 Å². The quantitative estimate of drug-likeness (QED) is 0.722. The summed E-state index contributed by atoms with van der Waals surface area (Å²) in [7, 11) is 4.10. The lowest BCUT2D eigenvalue weighted by atomic mass is 9.51. The van der Waals surface area contributed by atoms with Gasteiger partial charge in [-0.1, -0.05) is 24.3 Å². The first kappa shape index (κ1) is 19.2. The minimum Gasteiger partial charge on any atom is -0.493 e. The van der Waals surface area contributed by atoms with Crippen molar-refractivity contribution >= 4 is 5.69 Å². The molecule has 2 aromatic carbocycles. The first-order valence-corrected chi connectivity index (χ1v) is 12.2. The van der Waals surface area contributed by atoms with Crippen molar-refractivity contribution in [2.75, 3.05) is 38.8 Å². The lowest BCUT2D eigenvalue weighted by molar-refractivity contribution is -0.0526. The van der Waals surface area contributed by atoms with Crippen LogP contribution in [0.2, 0.25) is 0 Å². The molecule has 5 nitrogen and oxygen atoms in total. The van der Waals surface area contributed by atoms with Crippen LogP contribution in [0.4, 0.5) is 5.69 Å². The summed E-state index contributed by atoms with van der Waals surface area (Å²) in [5.74, 6) is 2.60. The van der Waals surface area contributed by atoms with E-state index in [-0.39, 0.29) is 11.5 Å². The third-order valence-corrected chi connectivity index (χ3v) is 9.20. The maximum Gasteiger partial charge on any atom is 0.165 e. The number of hydrogen-bond acceptors (Lipinski definition) is 5. The largest absolute Gasteiger partial charge is 0.493 e. The molecular weight excluding hydrogens is 400 g/mol. The molecule has 3 aliphatic heterocycles. The van der Waals surface area contributed by atoms with Crippen molar-refractivity contribution in [3.05, 3.63) is 53.1 Å². The Bertz CT molecular complexity index is 1070. The van der Waals surface area contributed by atoms with E-state index in [9.17, 15) is 0 Å². The normalized spacial score (nSPS) is 34.9. The number of para-hydroxylation sites is 1. The van der Waals surface area contributed by atoms with Crippen LogP contribution in [0.15, 0.2) is 36.4 Å². The van der Waals surface area contributed by atoms with E-state index in [2.05, 4.69) is 53.2 Å². The fourth-order valence-electron chi connectivity index (χ4n) is 7.90. The highest BCUT2D eigenvalue weighted by molar-refractivity contribution is 5.63. The fraction of sp³-hybridized carbons (Fsp3) is 0.556. The second-order valence-electron chi connectivity index (χ2n) is 10.3. The van der Waals surface area contributed by atoms with E-state index < -0.39 is 0 Å². The van der Waals surface area contributed by atoms with Crippen LogP contribution in [0, 0.1) is 5.92 Å². The number of fused-ring (bicyclic) bond motifs is 1. The average molecular weight is 433 g/mol. The number of nitrogens with zero attached hydrogens (tertiary/aromatic N) is 2. The summed E-state index contributed by atoms with van der Waals surface area (Å²) < 4.78 is 18.8. The topological polar surface area (TPSA) is 34.2 Å². The zero-order chi connectivity index (χ0) is 21.4. The van der Waals surface area contributed by atoms with Gasteiger partial charge in [-0.05, 0) is 62.9 Å². The molecule has 32 heavy (non-hydrogen) atoms. The standard InChI is InChI=1S/C27H32N2O3/c1-28-12-11-27-19-8-9-21(29-13-14-31-16-18-5-3-4-6-20(18)29)26(27)32-25-23(30-2)10-7-17(24(25)27)15-22(19)28/h3-7,10,19,21-22,26H,8-9,11-16H2,1-2H3/t19-,21+,22-,26-,27-/m0/s1. The monoisotopic (exact) mass is 432 g/mol. The minimum absolute atomic E-state index is 0.0969. The Morgan fingerprint density at radius 3 is 2.84 bits per heavy atom. The van der Waals surface area contributed by atoms with Crippen LogP contribution in [0.25, 0.3) is 0 Å². The number of likely N-dealkylation sites (tertiary alicyclic amines) is 1. The van der Waals surface area contributed by atoms with Crippen molar-refractivity contribution in [3.8, 4) is 11.5 Å². The van der Waals surface area contributed by atoms with Crippen LogP contribution in [0.1, 0.15) is 36.0 Å². The van der Waals surface area contributed by atoms with Crippen molar-refractivity contribution < 1.29 is 14.2 Å². The van der Waals surface area contributed by atoms with Gasteiger partial charge in [0.05, 0.1) is 26.4 Å². The van der Waals surface area contributed by atoms with E-state index in [4.69, 9.17) is 14.2 Å². The van der Waals surface area contributed by atoms with E-state index in [1.54, 1.807) is 7.11 Å².